The molecule has 1 heterocycles. The number of urea groups is 1. The third-order valence-electron chi connectivity index (χ3n) is 4.58. The molecule has 3 aromatic rings. The van der Waals surface area contributed by atoms with Gasteiger partial charge in [0.15, 0.2) is 0 Å². The first-order chi connectivity index (χ1) is 16.0. The number of rotatable bonds is 9. The van der Waals surface area contributed by atoms with Gasteiger partial charge in [-0.2, -0.15) is 0 Å². The van der Waals surface area contributed by atoms with Crippen molar-refractivity contribution in [3.8, 4) is 17.2 Å². The number of aromatic nitrogens is 1. The van der Waals surface area contributed by atoms with Crippen molar-refractivity contribution in [3.05, 3.63) is 66.1 Å². The fraction of sp³-hybridized carbons (Fsp3) is 0.217. The number of anilines is 1. The van der Waals surface area contributed by atoms with Crippen molar-refractivity contribution in [1.29, 1.82) is 0 Å². The van der Waals surface area contributed by atoms with E-state index in [9.17, 15) is 14.4 Å². The lowest BCUT2D eigenvalue weighted by Gasteiger charge is -2.08. The average molecular weight is 452 g/mol. The molecule has 0 aliphatic carbocycles. The van der Waals surface area contributed by atoms with Crippen molar-refractivity contribution < 1.29 is 28.3 Å². The number of esters is 1. The molecule has 10 heteroatoms. The number of hydrogen-bond acceptors (Lipinski definition) is 7. The zero-order valence-electron chi connectivity index (χ0n) is 18.2. The SMILES string of the molecule is COC(=O)CNC(=O)c1ccc(NC(=O)NCCc2coc(-c3ccc(OC)cc3)n2)cc1. The highest BCUT2D eigenvalue weighted by atomic mass is 16.5. The monoisotopic (exact) mass is 452 g/mol. The number of benzene rings is 2. The molecule has 0 saturated carbocycles. The van der Waals surface area contributed by atoms with Crippen molar-refractivity contribution >= 4 is 23.6 Å². The summed E-state index contributed by atoms with van der Waals surface area (Å²) in [7, 11) is 2.84. The largest absolute Gasteiger partial charge is 0.497 e. The number of oxazole rings is 1. The summed E-state index contributed by atoms with van der Waals surface area (Å²) in [6.45, 7) is 0.138. The summed E-state index contributed by atoms with van der Waals surface area (Å²) in [5, 5.41) is 7.86. The van der Waals surface area contributed by atoms with Gasteiger partial charge in [0.05, 0.1) is 19.9 Å². The molecule has 1 aromatic heterocycles. The molecule has 0 unspecified atom stereocenters. The Morgan fingerprint density at radius 3 is 2.36 bits per heavy atom. The van der Waals surface area contributed by atoms with E-state index in [1.165, 1.54) is 19.2 Å². The van der Waals surface area contributed by atoms with Crippen LogP contribution >= 0.6 is 0 Å². The number of hydrogen-bond donors (Lipinski definition) is 3. The van der Waals surface area contributed by atoms with E-state index >= 15 is 0 Å². The van der Waals surface area contributed by atoms with Crippen LogP contribution in [0.15, 0.2) is 59.2 Å². The molecular formula is C23H24N4O6. The van der Waals surface area contributed by atoms with Crippen LogP contribution in [0.3, 0.4) is 0 Å². The molecule has 0 fully saturated rings. The Bertz CT molecular complexity index is 1090. The molecule has 0 aliphatic heterocycles. The van der Waals surface area contributed by atoms with E-state index in [2.05, 4.69) is 25.7 Å². The predicted octanol–water partition coefficient (Wildman–Crippen LogP) is 2.62. The summed E-state index contributed by atoms with van der Waals surface area (Å²) in [5.41, 5.74) is 2.41. The third-order valence-corrected chi connectivity index (χ3v) is 4.58. The van der Waals surface area contributed by atoms with Gasteiger partial charge in [-0.15, -0.1) is 0 Å². The van der Waals surface area contributed by atoms with Gasteiger partial charge in [-0.05, 0) is 48.5 Å². The van der Waals surface area contributed by atoms with E-state index in [0.717, 1.165) is 11.3 Å². The summed E-state index contributed by atoms with van der Waals surface area (Å²) in [4.78, 5) is 39.6. The van der Waals surface area contributed by atoms with Crippen molar-refractivity contribution in [2.45, 2.75) is 6.42 Å². The Morgan fingerprint density at radius 2 is 1.70 bits per heavy atom. The summed E-state index contributed by atoms with van der Waals surface area (Å²) >= 11 is 0. The Morgan fingerprint density at radius 1 is 0.970 bits per heavy atom. The van der Waals surface area contributed by atoms with E-state index < -0.39 is 17.9 Å². The van der Waals surface area contributed by atoms with Crippen LogP contribution in [0.2, 0.25) is 0 Å². The molecule has 0 atom stereocenters. The van der Waals surface area contributed by atoms with Crippen LogP contribution in [0.5, 0.6) is 5.75 Å². The van der Waals surface area contributed by atoms with Gasteiger partial charge >= 0.3 is 12.0 Å². The van der Waals surface area contributed by atoms with Crippen LogP contribution in [-0.4, -0.2) is 50.2 Å². The highest BCUT2D eigenvalue weighted by Gasteiger charge is 2.10. The zero-order chi connectivity index (χ0) is 23.6. The second-order valence-electron chi connectivity index (χ2n) is 6.84. The molecule has 3 rings (SSSR count). The van der Waals surface area contributed by atoms with Crippen LogP contribution in [0.25, 0.3) is 11.5 Å². The molecular weight excluding hydrogens is 428 g/mol. The number of methoxy groups -OCH3 is 2. The minimum Gasteiger partial charge on any atom is -0.497 e. The highest BCUT2D eigenvalue weighted by molar-refractivity contribution is 5.97. The molecule has 10 nitrogen and oxygen atoms in total. The standard InChI is InChI=1S/C23H24N4O6/c1-31-19-9-5-16(6-10-19)22-26-18(14-33-22)11-12-24-23(30)27-17-7-3-15(4-8-17)21(29)25-13-20(28)32-2/h3-10,14H,11-13H2,1-2H3,(H,25,29)(H2,24,27,30). The smallest absolute Gasteiger partial charge is 0.325 e. The fourth-order valence-electron chi connectivity index (χ4n) is 2.80. The van der Waals surface area contributed by atoms with Crippen LogP contribution in [0.4, 0.5) is 10.5 Å². The molecule has 0 aliphatic rings. The van der Waals surface area contributed by atoms with Gasteiger partial charge in [0.25, 0.3) is 5.91 Å². The van der Waals surface area contributed by atoms with Gasteiger partial charge in [0, 0.05) is 29.8 Å². The zero-order valence-corrected chi connectivity index (χ0v) is 18.2. The fourth-order valence-corrected chi connectivity index (χ4v) is 2.80. The first kappa shape index (κ1) is 23.3. The maximum absolute atomic E-state index is 12.1. The lowest BCUT2D eigenvalue weighted by Crippen LogP contribution is -2.31. The number of carbonyl (C=O) groups is 3. The first-order valence-corrected chi connectivity index (χ1v) is 10.1. The Labute approximate surface area is 190 Å². The third kappa shape index (κ3) is 6.82. The van der Waals surface area contributed by atoms with E-state index in [0.29, 0.717) is 35.8 Å². The van der Waals surface area contributed by atoms with Crippen molar-refractivity contribution in [2.75, 3.05) is 32.6 Å². The summed E-state index contributed by atoms with van der Waals surface area (Å²) < 4.78 is 15.1. The molecule has 0 spiro atoms. The normalized spacial score (nSPS) is 10.2. The van der Waals surface area contributed by atoms with Gasteiger partial charge in [-0.1, -0.05) is 0 Å². The van der Waals surface area contributed by atoms with Crippen molar-refractivity contribution in [3.63, 3.8) is 0 Å². The average Bonchev–Trinajstić information content (AvgIpc) is 3.31. The molecule has 172 valence electrons. The minimum atomic E-state index is -0.541. The Hall–Kier alpha value is -4.34. The molecule has 3 amide bonds. The Balaban J connectivity index is 1.43. The van der Waals surface area contributed by atoms with Crippen LogP contribution < -0.4 is 20.7 Å². The number of amides is 3. The van der Waals surface area contributed by atoms with Gasteiger partial charge in [-0.3, -0.25) is 9.59 Å². The maximum Gasteiger partial charge on any atom is 0.325 e. The highest BCUT2D eigenvalue weighted by Crippen LogP contribution is 2.21. The van der Waals surface area contributed by atoms with E-state index in [1.54, 1.807) is 25.5 Å². The molecule has 0 bridgehead atoms. The molecule has 0 radical (unpaired) electrons. The quantitative estimate of drug-likeness (QED) is 0.425. The van der Waals surface area contributed by atoms with Gasteiger partial charge in [0.1, 0.15) is 18.6 Å². The van der Waals surface area contributed by atoms with Crippen LogP contribution in [-0.2, 0) is 16.0 Å². The van der Waals surface area contributed by atoms with Gasteiger partial charge in [0.2, 0.25) is 5.89 Å². The number of carbonyl (C=O) groups excluding carboxylic acids is 3. The topological polar surface area (TPSA) is 132 Å². The predicted molar refractivity (Wildman–Crippen MR) is 120 cm³/mol. The molecule has 33 heavy (non-hydrogen) atoms. The summed E-state index contributed by atoms with van der Waals surface area (Å²) in [6.07, 6.45) is 2.05. The second kappa shape index (κ2) is 11.3. The second-order valence-corrected chi connectivity index (χ2v) is 6.84. The molecule has 2 aromatic carbocycles. The first-order valence-electron chi connectivity index (χ1n) is 10.1. The number of ether oxygens (including phenoxy) is 2. The van der Waals surface area contributed by atoms with Crippen LogP contribution in [0.1, 0.15) is 16.1 Å². The minimum absolute atomic E-state index is 0.217. The van der Waals surface area contributed by atoms with Crippen molar-refractivity contribution in [1.82, 2.24) is 15.6 Å². The van der Waals surface area contributed by atoms with Gasteiger partial charge in [-0.25, -0.2) is 9.78 Å². The lowest BCUT2D eigenvalue weighted by atomic mass is 10.2. The van der Waals surface area contributed by atoms with E-state index in [-0.39, 0.29) is 6.54 Å². The van der Waals surface area contributed by atoms with E-state index in [1.807, 2.05) is 24.3 Å². The molecule has 0 saturated heterocycles. The number of nitrogens with zero attached hydrogens (tertiary/aromatic N) is 1. The molecule has 3 N–H and O–H groups in total. The maximum atomic E-state index is 12.1. The van der Waals surface area contributed by atoms with Gasteiger partial charge < -0.3 is 29.8 Å². The number of nitrogens with one attached hydrogen (secondary N) is 3. The Kier molecular flexibility index (Phi) is 8.01. The van der Waals surface area contributed by atoms with Crippen molar-refractivity contribution in [2.24, 2.45) is 0 Å². The van der Waals surface area contributed by atoms with E-state index in [4.69, 9.17) is 9.15 Å². The lowest BCUT2D eigenvalue weighted by molar-refractivity contribution is -0.139. The summed E-state index contributed by atoms with van der Waals surface area (Å²) in [6, 6.07) is 13.2. The van der Waals surface area contributed by atoms with Crippen LogP contribution in [0, 0.1) is 0 Å². The summed E-state index contributed by atoms with van der Waals surface area (Å²) in [5.74, 6) is 0.281.